The van der Waals surface area contributed by atoms with E-state index in [4.69, 9.17) is 31.9 Å². The molecule has 0 saturated heterocycles. The number of hydrogen-bond acceptors (Lipinski definition) is 12. The second kappa shape index (κ2) is 24.9. The molecule has 64 heavy (non-hydrogen) atoms. The van der Waals surface area contributed by atoms with Gasteiger partial charge in [-0.05, 0) is 92.2 Å². The maximum atomic E-state index is 14.5. The van der Waals surface area contributed by atoms with Crippen molar-refractivity contribution >= 4 is 41.1 Å². The molecule has 4 rings (SSSR count). The molecular weight excluding hydrogens is 821 g/mol. The van der Waals surface area contributed by atoms with Crippen LogP contribution in [0.25, 0.3) is 11.1 Å². The van der Waals surface area contributed by atoms with Crippen molar-refractivity contribution in [2.45, 2.75) is 89.9 Å². The molecular formula is C46H62N10O8. The molecule has 1 aliphatic heterocycles. The summed E-state index contributed by atoms with van der Waals surface area (Å²) in [5.41, 5.74) is 22.1. The first-order valence-corrected chi connectivity index (χ1v) is 21.6. The third-order valence-corrected chi connectivity index (χ3v) is 10.6. The molecule has 18 heteroatoms. The van der Waals surface area contributed by atoms with Gasteiger partial charge in [-0.1, -0.05) is 37.6 Å². The number of aryl methyl sites for hydroxylation is 2. The lowest BCUT2D eigenvalue weighted by atomic mass is 9.93. The molecule has 3 aromatic carbocycles. The molecule has 4 atom stereocenters. The number of nitrogens with two attached hydrogens (primary N) is 3. The van der Waals surface area contributed by atoms with Gasteiger partial charge in [0, 0.05) is 56.2 Å². The summed E-state index contributed by atoms with van der Waals surface area (Å²) in [4.78, 5) is 83.3. The standard InChI is InChI=1S/C46H62N10O8/c1-5-6-7-30-8-11-35(28(2)24-30)53-40(57)14-15-41(58)54-36(16-17-47)46(62)56(4)42-32-10-13-39(64-23-20-50)34(27-32)33-25-31(9-12-38(33)63-22-19-49)26-37(44(60)51-21-18-48)55-43(59)29(3)52-45(42)61/h8-13,24-25,27,29,36-37,42H,5-7,14-17,19-23,26,47,49-50H2,1-4H3,(H,51,60)(H,52,61)(H,53,57)(H,54,58)(H,55,59)/t29-,36-,37-,42-/m0/s1. The van der Waals surface area contributed by atoms with Gasteiger partial charge in [-0.2, -0.15) is 5.26 Å². The summed E-state index contributed by atoms with van der Waals surface area (Å²) in [5, 5.41) is 22.6. The predicted octanol–water partition coefficient (Wildman–Crippen LogP) is 1.62. The van der Waals surface area contributed by atoms with Crippen LogP contribution in [0.4, 0.5) is 5.69 Å². The van der Waals surface area contributed by atoms with Gasteiger partial charge in [-0.15, -0.1) is 0 Å². The molecule has 0 radical (unpaired) electrons. The molecule has 18 nitrogen and oxygen atoms in total. The number of carbonyl (C=O) groups is 6. The van der Waals surface area contributed by atoms with Crippen LogP contribution in [0, 0.1) is 18.3 Å². The third-order valence-electron chi connectivity index (χ3n) is 10.6. The number of nitrogens with zero attached hydrogens (tertiary/aromatic N) is 2. The fraction of sp³-hybridized carbons (Fsp3) is 0.457. The zero-order chi connectivity index (χ0) is 46.8. The number of fused-ring (bicyclic) bond motifs is 5. The Morgan fingerprint density at radius 2 is 1.56 bits per heavy atom. The van der Waals surface area contributed by atoms with E-state index in [9.17, 15) is 28.8 Å². The van der Waals surface area contributed by atoms with Crippen LogP contribution < -0.4 is 53.3 Å². The average Bonchev–Trinajstić information content (AvgIpc) is 3.28. The summed E-state index contributed by atoms with van der Waals surface area (Å²) in [7, 11) is 1.39. The second-order valence-corrected chi connectivity index (χ2v) is 15.6. The van der Waals surface area contributed by atoms with Crippen molar-refractivity contribution in [3.8, 4) is 28.7 Å². The van der Waals surface area contributed by atoms with E-state index < -0.39 is 53.7 Å². The van der Waals surface area contributed by atoms with E-state index in [0.29, 0.717) is 39.4 Å². The first kappa shape index (κ1) is 50.1. The first-order chi connectivity index (χ1) is 30.7. The molecule has 1 aliphatic rings. The van der Waals surface area contributed by atoms with Crippen molar-refractivity contribution in [2.75, 3.05) is 51.8 Å². The van der Waals surface area contributed by atoms with E-state index >= 15 is 0 Å². The number of anilines is 1. The van der Waals surface area contributed by atoms with E-state index in [1.165, 1.54) is 19.5 Å². The molecule has 4 bridgehead atoms. The lowest BCUT2D eigenvalue weighted by molar-refractivity contribution is -0.143. The lowest BCUT2D eigenvalue weighted by Crippen LogP contribution is -2.56. The van der Waals surface area contributed by atoms with Crippen LogP contribution in [-0.2, 0) is 41.6 Å². The molecule has 344 valence electrons. The summed E-state index contributed by atoms with van der Waals surface area (Å²) in [5.74, 6) is -2.97. The van der Waals surface area contributed by atoms with Gasteiger partial charge in [0.1, 0.15) is 55.4 Å². The minimum Gasteiger partial charge on any atom is -0.492 e. The Balaban J connectivity index is 1.70. The largest absolute Gasteiger partial charge is 0.492 e. The van der Waals surface area contributed by atoms with Gasteiger partial charge in [0.25, 0.3) is 0 Å². The molecule has 6 amide bonds. The second-order valence-electron chi connectivity index (χ2n) is 15.6. The summed E-state index contributed by atoms with van der Waals surface area (Å²) in [6, 6.07) is 12.8. The van der Waals surface area contributed by atoms with Crippen molar-refractivity contribution in [1.29, 1.82) is 5.26 Å². The highest BCUT2D eigenvalue weighted by molar-refractivity contribution is 5.97. The summed E-state index contributed by atoms with van der Waals surface area (Å²) in [6.07, 6.45) is 2.68. The Morgan fingerprint density at radius 1 is 0.891 bits per heavy atom. The van der Waals surface area contributed by atoms with Crippen LogP contribution in [0.1, 0.15) is 74.2 Å². The minimum absolute atomic E-state index is 0.00115. The molecule has 0 saturated carbocycles. The van der Waals surface area contributed by atoms with Gasteiger partial charge in [0.2, 0.25) is 35.4 Å². The number of ether oxygens (including phenoxy) is 2. The predicted molar refractivity (Wildman–Crippen MR) is 242 cm³/mol. The van der Waals surface area contributed by atoms with Crippen molar-refractivity contribution in [1.82, 2.24) is 26.2 Å². The minimum atomic E-state index is -1.40. The van der Waals surface area contributed by atoms with Gasteiger partial charge >= 0.3 is 0 Å². The van der Waals surface area contributed by atoms with E-state index in [0.717, 1.165) is 29.7 Å². The molecule has 0 unspecified atom stereocenters. The van der Waals surface area contributed by atoms with E-state index in [2.05, 4.69) is 33.5 Å². The molecule has 0 spiro atoms. The molecule has 11 N–H and O–H groups in total. The number of hydrogen-bond donors (Lipinski definition) is 8. The Morgan fingerprint density at radius 3 is 2.20 bits per heavy atom. The summed E-state index contributed by atoms with van der Waals surface area (Å²) >= 11 is 0. The SMILES string of the molecule is CCCCc1ccc(NC(=O)CCC(=O)N[C@@H](CCN)C(=O)N(C)[C@@H]2C(=O)N[C@@H](C)C(=O)N[C@H](C(=O)NCC#N)Cc3ccc(OCCN)c(c3)-c3cc2ccc3OCCN)c(C)c1. The van der Waals surface area contributed by atoms with E-state index in [1.807, 2.05) is 31.2 Å². The van der Waals surface area contributed by atoms with Crippen molar-refractivity contribution < 1.29 is 38.2 Å². The smallest absolute Gasteiger partial charge is 0.248 e. The van der Waals surface area contributed by atoms with Crippen molar-refractivity contribution in [2.24, 2.45) is 17.2 Å². The van der Waals surface area contributed by atoms with E-state index in [-0.39, 0.29) is 71.0 Å². The van der Waals surface area contributed by atoms with Crippen LogP contribution in [0.15, 0.2) is 54.6 Å². The normalized spacial score (nSPS) is 16.4. The topological polar surface area (TPSA) is 286 Å². The number of amides is 6. The van der Waals surface area contributed by atoms with Crippen LogP contribution in [-0.4, -0.2) is 105 Å². The number of carbonyl (C=O) groups excluding carboxylic acids is 6. The maximum absolute atomic E-state index is 14.5. The highest BCUT2D eigenvalue weighted by Gasteiger charge is 2.36. The number of nitriles is 1. The van der Waals surface area contributed by atoms with Crippen LogP contribution >= 0.6 is 0 Å². The first-order valence-electron chi connectivity index (χ1n) is 21.6. The van der Waals surface area contributed by atoms with Crippen LogP contribution in [0.3, 0.4) is 0 Å². The quantitative estimate of drug-likeness (QED) is 0.0752. The zero-order valence-electron chi connectivity index (χ0n) is 37.1. The fourth-order valence-corrected chi connectivity index (χ4v) is 7.24. The van der Waals surface area contributed by atoms with Crippen molar-refractivity contribution in [3.63, 3.8) is 0 Å². The Kier molecular flexibility index (Phi) is 19.5. The Labute approximate surface area is 374 Å². The lowest BCUT2D eigenvalue weighted by Gasteiger charge is -2.32. The number of likely N-dealkylation sites (N-methyl/N-ethyl adjacent to an activating group) is 1. The molecule has 0 aliphatic carbocycles. The zero-order valence-corrected chi connectivity index (χ0v) is 37.1. The maximum Gasteiger partial charge on any atom is 0.248 e. The molecule has 0 aromatic heterocycles. The Bertz CT molecular complexity index is 2180. The van der Waals surface area contributed by atoms with Crippen LogP contribution in [0.2, 0.25) is 0 Å². The summed E-state index contributed by atoms with van der Waals surface area (Å²) in [6.45, 7) is 5.80. The van der Waals surface area contributed by atoms with Crippen LogP contribution in [0.5, 0.6) is 11.5 Å². The number of nitrogens with one attached hydrogen (secondary N) is 5. The van der Waals surface area contributed by atoms with Gasteiger partial charge in [0.15, 0.2) is 0 Å². The fourth-order valence-electron chi connectivity index (χ4n) is 7.24. The summed E-state index contributed by atoms with van der Waals surface area (Å²) < 4.78 is 12.1. The van der Waals surface area contributed by atoms with Gasteiger partial charge in [-0.25, -0.2) is 0 Å². The number of rotatable bonds is 20. The van der Waals surface area contributed by atoms with E-state index in [1.54, 1.807) is 36.4 Å². The monoisotopic (exact) mass is 882 g/mol. The highest BCUT2D eigenvalue weighted by Crippen LogP contribution is 2.40. The Hall–Kier alpha value is -6.55. The molecule has 1 heterocycles. The number of benzene rings is 3. The molecule has 0 fully saturated rings. The average molecular weight is 883 g/mol. The molecule has 3 aromatic rings. The number of unbranched alkanes of at least 4 members (excludes halogenated alkanes) is 1. The van der Waals surface area contributed by atoms with Gasteiger partial charge in [0.05, 0.1) is 6.07 Å². The third kappa shape index (κ3) is 14.0. The van der Waals surface area contributed by atoms with Gasteiger partial charge < -0.3 is 58.2 Å². The van der Waals surface area contributed by atoms with Gasteiger partial charge in [-0.3, -0.25) is 28.8 Å². The highest BCUT2D eigenvalue weighted by atomic mass is 16.5. The van der Waals surface area contributed by atoms with Crippen molar-refractivity contribution in [3.05, 3.63) is 76.9 Å².